The third-order valence-electron chi connectivity index (χ3n) is 2.62. The molecule has 0 unspecified atom stereocenters. The lowest BCUT2D eigenvalue weighted by Gasteiger charge is -2.00. The van der Waals surface area contributed by atoms with Crippen LogP contribution in [0, 0.1) is 0 Å². The summed E-state index contributed by atoms with van der Waals surface area (Å²) in [5.41, 5.74) is 1.47. The highest BCUT2D eigenvalue weighted by Gasteiger charge is 2.07. The van der Waals surface area contributed by atoms with Gasteiger partial charge in [0.1, 0.15) is 5.58 Å². The summed E-state index contributed by atoms with van der Waals surface area (Å²) in [6.45, 7) is 0. The van der Waals surface area contributed by atoms with Crippen molar-refractivity contribution in [2.75, 3.05) is 0 Å². The highest BCUT2D eigenvalue weighted by atomic mass is 16.3. The lowest BCUT2D eigenvalue weighted by molar-refractivity contribution is 0.112. The van der Waals surface area contributed by atoms with E-state index < -0.39 is 0 Å². The third kappa shape index (κ3) is 1.08. The summed E-state index contributed by atoms with van der Waals surface area (Å²) >= 11 is 0. The average molecular weight is 196 g/mol. The van der Waals surface area contributed by atoms with E-state index in [0.29, 0.717) is 5.56 Å². The maximum Gasteiger partial charge on any atom is 0.150 e. The van der Waals surface area contributed by atoms with Crippen LogP contribution in [0.1, 0.15) is 10.4 Å². The molecule has 1 aromatic heterocycles. The van der Waals surface area contributed by atoms with Gasteiger partial charge in [0.05, 0.1) is 6.26 Å². The van der Waals surface area contributed by atoms with Gasteiger partial charge in [-0.25, -0.2) is 0 Å². The molecule has 2 nitrogen and oxygen atoms in total. The molecule has 2 aromatic carbocycles. The maximum atomic E-state index is 10.9. The lowest BCUT2D eigenvalue weighted by Crippen LogP contribution is -1.82. The second kappa shape index (κ2) is 2.95. The van der Waals surface area contributed by atoms with Crippen LogP contribution in [-0.2, 0) is 0 Å². The van der Waals surface area contributed by atoms with Crippen molar-refractivity contribution in [3.63, 3.8) is 0 Å². The van der Waals surface area contributed by atoms with Gasteiger partial charge in [-0.05, 0) is 17.5 Å². The fourth-order valence-electron chi connectivity index (χ4n) is 1.92. The zero-order valence-corrected chi connectivity index (χ0v) is 7.94. The van der Waals surface area contributed by atoms with Crippen molar-refractivity contribution in [1.82, 2.24) is 0 Å². The fraction of sp³-hybridized carbons (Fsp3) is 0. The number of hydrogen-bond acceptors (Lipinski definition) is 2. The van der Waals surface area contributed by atoms with E-state index in [4.69, 9.17) is 4.42 Å². The van der Waals surface area contributed by atoms with Crippen molar-refractivity contribution in [2.45, 2.75) is 0 Å². The number of aldehydes is 1. The van der Waals surface area contributed by atoms with Crippen molar-refractivity contribution in [3.05, 3.63) is 48.2 Å². The van der Waals surface area contributed by atoms with E-state index in [1.165, 1.54) is 0 Å². The predicted octanol–water partition coefficient (Wildman–Crippen LogP) is 3.40. The molecule has 3 rings (SSSR count). The van der Waals surface area contributed by atoms with E-state index in [1.807, 2.05) is 36.4 Å². The molecule has 0 spiro atoms. The molecule has 0 saturated carbocycles. The first-order chi connectivity index (χ1) is 7.40. The molecule has 2 heteroatoms. The minimum absolute atomic E-state index is 0.678. The SMILES string of the molecule is O=Cc1cc2ccccc2c2occc12. The molecule has 1 heterocycles. The van der Waals surface area contributed by atoms with E-state index in [1.54, 1.807) is 6.26 Å². The second-order valence-electron chi connectivity index (χ2n) is 3.47. The molecule has 0 radical (unpaired) electrons. The Morgan fingerprint density at radius 3 is 2.80 bits per heavy atom. The number of rotatable bonds is 1. The van der Waals surface area contributed by atoms with Gasteiger partial charge in [0, 0.05) is 16.3 Å². The van der Waals surface area contributed by atoms with Gasteiger partial charge in [-0.2, -0.15) is 0 Å². The molecule has 0 aliphatic carbocycles. The predicted molar refractivity (Wildman–Crippen MR) is 59.1 cm³/mol. The summed E-state index contributed by atoms with van der Waals surface area (Å²) in [5, 5.41) is 2.95. The number of hydrogen-bond donors (Lipinski definition) is 0. The van der Waals surface area contributed by atoms with E-state index in [0.717, 1.165) is 28.0 Å². The monoisotopic (exact) mass is 196 g/mol. The molecule has 0 fully saturated rings. The van der Waals surface area contributed by atoms with Crippen LogP contribution in [0.3, 0.4) is 0 Å². The molecular formula is C13H8O2. The molecule has 72 valence electrons. The average Bonchev–Trinajstić information content (AvgIpc) is 2.77. The zero-order chi connectivity index (χ0) is 10.3. The van der Waals surface area contributed by atoms with Crippen molar-refractivity contribution < 1.29 is 9.21 Å². The van der Waals surface area contributed by atoms with Gasteiger partial charge >= 0.3 is 0 Å². The van der Waals surface area contributed by atoms with Gasteiger partial charge in [-0.15, -0.1) is 0 Å². The first-order valence-electron chi connectivity index (χ1n) is 4.74. The molecule has 3 aromatic rings. The van der Waals surface area contributed by atoms with Crippen molar-refractivity contribution in [2.24, 2.45) is 0 Å². The van der Waals surface area contributed by atoms with Crippen LogP contribution >= 0.6 is 0 Å². The minimum atomic E-state index is 0.678. The summed E-state index contributed by atoms with van der Waals surface area (Å²) in [6.07, 6.45) is 2.48. The van der Waals surface area contributed by atoms with Crippen molar-refractivity contribution in [3.8, 4) is 0 Å². The van der Waals surface area contributed by atoms with E-state index in [2.05, 4.69) is 0 Å². The third-order valence-corrected chi connectivity index (χ3v) is 2.62. The number of carbonyl (C=O) groups excluding carboxylic acids is 1. The molecule has 0 aliphatic heterocycles. The van der Waals surface area contributed by atoms with Crippen LogP contribution in [0.4, 0.5) is 0 Å². The fourth-order valence-corrected chi connectivity index (χ4v) is 1.92. The van der Waals surface area contributed by atoms with Gasteiger partial charge in [0.2, 0.25) is 0 Å². The van der Waals surface area contributed by atoms with Gasteiger partial charge in [0.15, 0.2) is 6.29 Å². The van der Waals surface area contributed by atoms with Crippen LogP contribution < -0.4 is 0 Å². The van der Waals surface area contributed by atoms with E-state index in [-0.39, 0.29) is 0 Å². The van der Waals surface area contributed by atoms with Gasteiger partial charge in [-0.1, -0.05) is 24.3 Å². The van der Waals surface area contributed by atoms with Gasteiger partial charge in [0.25, 0.3) is 0 Å². The molecule has 0 atom stereocenters. The molecular weight excluding hydrogens is 188 g/mol. The van der Waals surface area contributed by atoms with Crippen LogP contribution in [0.2, 0.25) is 0 Å². The van der Waals surface area contributed by atoms with E-state index >= 15 is 0 Å². The Kier molecular flexibility index (Phi) is 1.62. The Balaban J connectivity index is 2.62. The summed E-state index contributed by atoms with van der Waals surface area (Å²) < 4.78 is 5.41. The summed E-state index contributed by atoms with van der Waals surface area (Å²) in [4.78, 5) is 10.9. The summed E-state index contributed by atoms with van der Waals surface area (Å²) in [5.74, 6) is 0. The van der Waals surface area contributed by atoms with Gasteiger partial charge in [-0.3, -0.25) is 4.79 Å². The Bertz CT molecular complexity index is 650. The molecule has 0 bridgehead atoms. The Morgan fingerprint density at radius 2 is 1.93 bits per heavy atom. The lowest BCUT2D eigenvalue weighted by atomic mass is 10.0. The molecule has 0 aliphatic rings. The quantitative estimate of drug-likeness (QED) is 0.558. The Hall–Kier alpha value is -2.09. The standard InChI is InChI=1S/C13H8O2/c14-8-10-7-9-3-1-2-4-11(9)13-12(10)5-6-15-13/h1-8H. The minimum Gasteiger partial charge on any atom is -0.464 e. The number of carbonyl (C=O) groups is 1. The molecule has 0 saturated heterocycles. The number of fused-ring (bicyclic) bond motifs is 3. The normalized spacial score (nSPS) is 10.9. The number of furan rings is 1. The van der Waals surface area contributed by atoms with Crippen LogP contribution in [0.15, 0.2) is 47.1 Å². The van der Waals surface area contributed by atoms with Crippen LogP contribution in [0.25, 0.3) is 21.7 Å². The Morgan fingerprint density at radius 1 is 1.07 bits per heavy atom. The highest BCUT2D eigenvalue weighted by Crippen LogP contribution is 2.28. The molecule has 0 amide bonds. The highest BCUT2D eigenvalue weighted by molar-refractivity contribution is 6.10. The smallest absolute Gasteiger partial charge is 0.150 e. The maximum absolute atomic E-state index is 10.9. The van der Waals surface area contributed by atoms with Gasteiger partial charge < -0.3 is 4.42 Å². The zero-order valence-electron chi connectivity index (χ0n) is 7.94. The molecule has 0 N–H and O–H groups in total. The van der Waals surface area contributed by atoms with Crippen LogP contribution in [0.5, 0.6) is 0 Å². The molecule has 15 heavy (non-hydrogen) atoms. The Labute approximate surface area is 86.1 Å². The van der Waals surface area contributed by atoms with E-state index in [9.17, 15) is 4.79 Å². The first-order valence-corrected chi connectivity index (χ1v) is 4.74. The summed E-state index contributed by atoms with van der Waals surface area (Å²) in [6, 6.07) is 11.6. The topological polar surface area (TPSA) is 30.2 Å². The van der Waals surface area contributed by atoms with Crippen LogP contribution in [-0.4, -0.2) is 6.29 Å². The second-order valence-corrected chi connectivity index (χ2v) is 3.47. The van der Waals surface area contributed by atoms with Crippen molar-refractivity contribution in [1.29, 1.82) is 0 Å². The largest absolute Gasteiger partial charge is 0.464 e. The van der Waals surface area contributed by atoms with Crippen molar-refractivity contribution >= 4 is 28.0 Å². The first kappa shape index (κ1) is 8.24. The summed E-state index contributed by atoms with van der Waals surface area (Å²) in [7, 11) is 0. The number of benzene rings is 2.